The van der Waals surface area contributed by atoms with Crippen LogP contribution in [-0.2, 0) is 0 Å². The Kier molecular flexibility index (Phi) is 4.20. The lowest BCUT2D eigenvalue weighted by Crippen LogP contribution is -2.27. The van der Waals surface area contributed by atoms with E-state index in [1.807, 2.05) is 11.8 Å². The van der Waals surface area contributed by atoms with Gasteiger partial charge in [-0.1, -0.05) is 11.6 Å². The number of nitrogens with one attached hydrogen (secondary N) is 1. The maximum absolute atomic E-state index is 13.4. The summed E-state index contributed by atoms with van der Waals surface area (Å²) in [6.45, 7) is 2.68. The predicted octanol–water partition coefficient (Wildman–Crippen LogP) is 4.08. The van der Waals surface area contributed by atoms with Gasteiger partial charge in [0.25, 0.3) is 5.69 Å². The molecule has 1 unspecified atom stereocenters. The zero-order valence-corrected chi connectivity index (χ0v) is 12.0. The average Bonchev–Trinajstić information content (AvgIpc) is 2.77. The summed E-state index contributed by atoms with van der Waals surface area (Å²) >= 11 is 7.41. The normalized spacial score (nSPS) is 22.5. The first-order valence-corrected chi connectivity index (χ1v) is 7.29. The number of rotatable bonds is 4. The summed E-state index contributed by atoms with van der Waals surface area (Å²) in [5.74, 6) is 0.439. The van der Waals surface area contributed by atoms with Crippen LogP contribution in [0.2, 0.25) is 5.02 Å². The fourth-order valence-electron chi connectivity index (χ4n) is 2.09. The number of nitro benzene ring substituents is 1. The van der Waals surface area contributed by atoms with Crippen LogP contribution in [0, 0.1) is 15.9 Å². The van der Waals surface area contributed by atoms with Crippen LogP contribution in [0.4, 0.5) is 15.8 Å². The zero-order valence-electron chi connectivity index (χ0n) is 10.4. The van der Waals surface area contributed by atoms with Crippen LogP contribution in [0.5, 0.6) is 0 Å². The SMILES string of the molecule is CC1(CNc2cc(F)c(Cl)cc2[N+](=O)[O-])CCCS1. The van der Waals surface area contributed by atoms with Crippen molar-refractivity contribution >= 4 is 34.7 Å². The Bertz CT molecular complexity index is 507. The first kappa shape index (κ1) is 14.4. The summed E-state index contributed by atoms with van der Waals surface area (Å²) in [6.07, 6.45) is 2.19. The predicted molar refractivity (Wildman–Crippen MR) is 76.7 cm³/mol. The number of benzene rings is 1. The molecule has 1 fully saturated rings. The highest BCUT2D eigenvalue weighted by atomic mass is 35.5. The highest BCUT2D eigenvalue weighted by Crippen LogP contribution is 2.38. The minimum Gasteiger partial charge on any atom is -0.378 e. The van der Waals surface area contributed by atoms with Gasteiger partial charge >= 0.3 is 0 Å². The van der Waals surface area contributed by atoms with Crippen molar-refractivity contribution in [2.75, 3.05) is 17.6 Å². The Morgan fingerprint density at radius 2 is 2.37 bits per heavy atom. The van der Waals surface area contributed by atoms with E-state index in [1.54, 1.807) is 0 Å². The number of nitrogens with zero attached hydrogens (tertiary/aromatic N) is 1. The third kappa shape index (κ3) is 3.30. The molecule has 4 nitrogen and oxygen atoms in total. The maximum Gasteiger partial charge on any atom is 0.294 e. The molecule has 104 valence electrons. The molecule has 19 heavy (non-hydrogen) atoms. The first-order chi connectivity index (χ1) is 8.91. The van der Waals surface area contributed by atoms with Crippen molar-refractivity contribution in [1.29, 1.82) is 0 Å². The van der Waals surface area contributed by atoms with Crippen LogP contribution < -0.4 is 5.32 Å². The highest BCUT2D eigenvalue weighted by molar-refractivity contribution is 8.00. The second-order valence-corrected chi connectivity index (χ2v) is 6.89. The number of thioether (sulfide) groups is 1. The lowest BCUT2D eigenvalue weighted by atomic mass is 10.1. The van der Waals surface area contributed by atoms with Gasteiger partial charge in [0, 0.05) is 23.4 Å². The van der Waals surface area contributed by atoms with E-state index in [0.29, 0.717) is 6.54 Å². The Morgan fingerprint density at radius 3 is 2.95 bits per heavy atom. The molecule has 1 aliphatic heterocycles. The first-order valence-electron chi connectivity index (χ1n) is 5.92. The minimum absolute atomic E-state index is 0.0456. The van der Waals surface area contributed by atoms with Gasteiger partial charge in [0.05, 0.1) is 9.95 Å². The van der Waals surface area contributed by atoms with Crippen LogP contribution in [0.1, 0.15) is 19.8 Å². The molecule has 0 spiro atoms. The second kappa shape index (κ2) is 5.54. The molecular weight excluding hydrogens is 291 g/mol. The Morgan fingerprint density at radius 1 is 1.63 bits per heavy atom. The molecule has 1 saturated heterocycles. The number of halogens is 2. The van der Waals surface area contributed by atoms with Gasteiger partial charge in [-0.3, -0.25) is 10.1 Å². The van der Waals surface area contributed by atoms with Crippen LogP contribution in [0.25, 0.3) is 0 Å². The van der Waals surface area contributed by atoms with Crippen molar-refractivity contribution in [3.05, 3.63) is 33.1 Å². The smallest absolute Gasteiger partial charge is 0.294 e. The van der Waals surface area contributed by atoms with Crippen molar-refractivity contribution in [2.24, 2.45) is 0 Å². The van der Waals surface area contributed by atoms with Gasteiger partial charge in [0.1, 0.15) is 11.5 Å². The van der Waals surface area contributed by atoms with Gasteiger partial charge in [-0.15, -0.1) is 0 Å². The number of nitro groups is 1. The molecule has 0 aliphatic carbocycles. The molecule has 0 aromatic heterocycles. The van der Waals surface area contributed by atoms with E-state index in [1.165, 1.54) is 0 Å². The summed E-state index contributed by atoms with van der Waals surface area (Å²) in [5, 5.41) is 13.7. The van der Waals surface area contributed by atoms with E-state index in [2.05, 4.69) is 12.2 Å². The van der Waals surface area contributed by atoms with E-state index in [9.17, 15) is 14.5 Å². The molecule has 0 amide bonds. The van der Waals surface area contributed by atoms with E-state index in [4.69, 9.17) is 11.6 Å². The van der Waals surface area contributed by atoms with Gasteiger partial charge in [0.15, 0.2) is 0 Å². The van der Waals surface area contributed by atoms with E-state index in [-0.39, 0.29) is 21.1 Å². The topological polar surface area (TPSA) is 55.2 Å². The Hall–Kier alpha value is -1.01. The van der Waals surface area contributed by atoms with E-state index in [0.717, 1.165) is 30.7 Å². The van der Waals surface area contributed by atoms with Crippen LogP contribution in [0.15, 0.2) is 12.1 Å². The molecule has 1 atom stereocenters. The summed E-state index contributed by atoms with van der Waals surface area (Å²) in [6, 6.07) is 2.13. The summed E-state index contributed by atoms with van der Waals surface area (Å²) in [4.78, 5) is 10.4. The fourth-order valence-corrected chi connectivity index (χ4v) is 3.49. The molecule has 0 bridgehead atoms. The van der Waals surface area contributed by atoms with Gasteiger partial charge in [-0.05, 0) is 25.5 Å². The van der Waals surface area contributed by atoms with Crippen LogP contribution in [-0.4, -0.2) is 22.0 Å². The highest BCUT2D eigenvalue weighted by Gasteiger charge is 2.30. The number of hydrogen-bond acceptors (Lipinski definition) is 4. The molecule has 0 radical (unpaired) electrons. The van der Waals surface area contributed by atoms with E-state index < -0.39 is 10.7 Å². The van der Waals surface area contributed by atoms with Crippen LogP contribution >= 0.6 is 23.4 Å². The number of hydrogen-bond donors (Lipinski definition) is 1. The van der Waals surface area contributed by atoms with Gasteiger partial charge < -0.3 is 5.32 Å². The quantitative estimate of drug-likeness (QED) is 0.672. The van der Waals surface area contributed by atoms with E-state index >= 15 is 0 Å². The van der Waals surface area contributed by atoms with Crippen molar-refractivity contribution in [1.82, 2.24) is 0 Å². The Balaban J connectivity index is 2.19. The van der Waals surface area contributed by atoms with Crippen molar-refractivity contribution in [2.45, 2.75) is 24.5 Å². The molecule has 2 rings (SSSR count). The molecule has 1 N–H and O–H groups in total. The van der Waals surface area contributed by atoms with Crippen molar-refractivity contribution < 1.29 is 9.31 Å². The van der Waals surface area contributed by atoms with Gasteiger partial charge in [-0.25, -0.2) is 4.39 Å². The van der Waals surface area contributed by atoms with Crippen LogP contribution in [0.3, 0.4) is 0 Å². The second-order valence-electron chi connectivity index (χ2n) is 4.80. The third-order valence-electron chi connectivity index (χ3n) is 3.19. The molecular formula is C12H14ClFN2O2S. The maximum atomic E-state index is 13.4. The standard InChI is InChI=1S/C12H14ClFN2O2S/c1-12(3-2-4-19-12)7-15-10-6-9(14)8(13)5-11(10)16(17)18/h5-6,15H,2-4,7H2,1H3. The summed E-state index contributed by atoms with van der Waals surface area (Å²) in [5.41, 5.74) is -0.0152. The van der Waals surface area contributed by atoms with Crippen molar-refractivity contribution in [3.8, 4) is 0 Å². The number of anilines is 1. The fraction of sp³-hybridized carbons (Fsp3) is 0.500. The summed E-state index contributed by atoms with van der Waals surface area (Å²) in [7, 11) is 0. The molecule has 1 aromatic carbocycles. The molecule has 1 aromatic rings. The van der Waals surface area contributed by atoms with Gasteiger partial charge in [0.2, 0.25) is 0 Å². The largest absolute Gasteiger partial charge is 0.378 e. The molecule has 1 aliphatic rings. The van der Waals surface area contributed by atoms with Crippen molar-refractivity contribution in [3.63, 3.8) is 0 Å². The lowest BCUT2D eigenvalue weighted by Gasteiger charge is -2.23. The zero-order chi connectivity index (χ0) is 14.0. The third-order valence-corrected chi connectivity index (χ3v) is 5.02. The Labute approximate surface area is 119 Å². The average molecular weight is 305 g/mol. The monoisotopic (exact) mass is 304 g/mol. The summed E-state index contributed by atoms with van der Waals surface area (Å²) < 4.78 is 13.5. The lowest BCUT2D eigenvalue weighted by molar-refractivity contribution is -0.384. The molecule has 0 saturated carbocycles. The molecule has 7 heteroatoms. The minimum atomic E-state index is -0.654. The molecule has 1 heterocycles. The van der Waals surface area contributed by atoms with Gasteiger partial charge in [-0.2, -0.15) is 11.8 Å².